The Balaban J connectivity index is -0.0000000267. The van der Waals surface area contributed by atoms with E-state index in [4.69, 9.17) is 17.5 Å². The molecule has 0 aromatic carbocycles. The van der Waals surface area contributed by atoms with Crippen LogP contribution in [0, 0.1) is 0 Å². The summed E-state index contributed by atoms with van der Waals surface area (Å²) in [5, 5.41) is 0. The summed E-state index contributed by atoms with van der Waals surface area (Å²) in [6.07, 6.45) is 0. The molecule has 0 spiro atoms. The molecule has 8 heteroatoms. The molecule has 0 aliphatic heterocycles. The van der Waals surface area contributed by atoms with Crippen molar-refractivity contribution in [2.75, 3.05) is 0 Å². The Bertz CT molecular complexity index is 95.6. The second-order valence-corrected chi connectivity index (χ2v) is 1.34. The first-order chi connectivity index (χ1) is 2.00. The Morgan fingerprint density at radius 3 is 1.12 bits per heavy atom. The summed E-state index contributed by atoms with van der Waals surface area (Å²) in [5.74, 6) is 0. The molecule has 0 saturated heterocycles. The van der Waals surface area contributed by atoms with E-state index in [1.165, 1.54) is 0 Å². The maximum absolute atomic E-state index is 8.74. The molecule has 4 N–H and O–H groups in total. The molecule has 0 aliphatic carbocycles. The van der Waals surface area contributed by atoms with Gasteiger partial charge in [0.1, 0.15) is 0 Å². The summed E-state index contributed by atoms with van der Waals surface area (Å²) in [6.45, 7) is 0. The Morgan fingerprint density at radius 2 is 1.12 bits per heavy atom. The van der Waals surface area contributed by atoms with E-state index >= 15 is 0 Å². The molecule has 0 fully saturated rings. The molecule has 0 bridgehead atoms. The molecule has 0 saturated carbocycles. The molecular formula is H7CaLiO5S. The number of hydrogen-bond donors (Lipinski definition) is 2. The third-order valence-electron chi connectivity index (χ3n) is 0. The molecule has 46 valence electrons. The van der Waals surface area contributed by atoms with Crippen molar-refractivity contribution in [3.8, 4) is 0 Å². The molecule has 5 nitrogen and oxygen atoms in total. The van der Waals surface area contributed by atoms with Crippen LogP contribution in [0.25, 0.3) is 0 Å². The Hall–Kier alpha value is 1.69. The quantitative estimate of drug-likeness (QED) is 0.294. The zero-order chi connectivity index (χ0) is 4.50. The minimum absolute atomic E-state index is 0. The summed E-state index contributed by atoms with van der Waals surface area (Å²) in [5.41, 5.74) is 0. The van der Waals surface area contributed by atoms with Gasteiger partial charge in [0, 0.05) is 0 Å². The first-order valence-corrected chi connectivity index (χ1v) is 2.10. The third kappa shape index (κ3) is 121. The molecule has 0 rings (SSSR count). The molecule has 0 radical (unpaired) electrons. The van der Waals surface area contributed by atoms with Gasteiger partial charge in [-0.15, -0.1) is 0 Å². The topological polar surface area (TPSA) is 106 Å². The van der Waals surface area contributed by atoms with Crippen molar-refractivity contribution in [3.63, 3.8) is 0 Å². The second kappa shape index (κ2) is 8.69. The zero-order valence-electron chi connectivity index (χ0n) is 2.62. The third-order valence-corrected chi connectivity index (χ3v) is 0. The summed E-state index contributed by atoms with van der Waals surface area (Å²) >= 11 is 0. The molecule has 0 atom stereocenters. The molecule has 8 heavy (non-hydrogen) atoms. The summed E-state index contributed by atoms with van der Waals surface area (Å²) in [6, 6.07) is 0. The van der Waals surface area contributed by atoms with Crippen LogP contribution in [0.2, 0.25) is 0 Å². The van der Waals surface area contributed by atoms with Gasteiger partial charge in [0.2, 0.25) is 0 Å². The van der Waals surface area contributed by atoms with Crippen LogP contribution >= 0.6 is 0 Å². The average molecular weight is 166 g/mol. The standard InChI is InChI=1S/Ca.Li.H2O4S.H2O.3H/c;;1-5(2,3)4;;;;/h;;(H2,1,2,3,4);1H2;;;. The summed E-state index contributed by atoms with van der Waals surface area (Å²) in [7, 11) is -4.67. The van der Waals surface area contributed by atoms with Gasteiger partial charge in [-0.25, -0.2) is 0 Å². The van der Waals surface area contributed by atoms with Crippen LogP contribution in [-0.2, 0) is 10.4 Å². The van der Waals surface area contributed by atoms with E-state index in [1.54, 1.807) is 0 Å². The van der Waals surface area contributed by atoms with E-state index < -0.39 is 10.4 Å². The second-order valence-electron chi connectivity index (χ2n) is 0.448. The molecule has 0 aromatic heterocycles. The van der Waals surface area contributed by atoms with Crippen LogP contribution in [0.1, 0.15) is 0 Å². The number of hydrogen-bond acceptors (Lipinski definition) is 2. The van der Waals surface area contributed by atoms with Crippen LogP contribution < -0.4 is 0 Å². The Labute approximate surface area is 88.9 Å². The van der Waals surface area contributed by atoms with Gasteiger partial charge in [-0.05, 0) is 0 Å². The van der Waals surface area contributed by atoms with Crippen LogP contribution in [0.3, 0.4) is 0 Å². The average Bonchev–Trinajstić information content (AvgIpc) is 0.722. The van der Waals surface area contributed by atoms with Crippen LogP contribution in [0.15, 0.2) is 0 Å². The van der Waals surface area contributed by atoms with Crippen molar-refractivity contribution in [2.45, 2.75) is 0 Å². The van der Waals surface area contributed by atoms with Gasteiger partial charge in [-0.2, -0.15) is 8.42 Å². The van der Waals surface area contributed by atoms with Crippen molar-refractivity contribution < 1.29 is 23.0 Å². The molecule has 0 unspecified atom stereocenters. The fourth-order valence-electron chi connectivity index (χ4n) is 0. The predicted octanol–water partition coefficient (Wildman–Crippen LogP) is -3.04. The first-order valence-electron chi connectivity index (χ1n) is 0.698. The van der Waals surface area contributed by atoms with E-state index in [0.717, 1.165) is 0 Å². The van der Waals surface area contributed by atoms with Gasteiger partial charge in [0.15, 0.2) is 0 Å². The molecule has 0 heterocycles. The van der Waals surface area contributed by atoms with E-state index in [9.17, 15) is 0 Å². The van der Waals surface area contributed by atoms with Crippen molar-refractivity contribution >= 4 is 67.0 Å². The molecular weight excluding hydrogens is 159 g/mol. The first kappa shape index (κ1) is 22.6. The Kier molecular flexibility index (Phi) is 24.5. The van der Waals surface area contributed by atoms with Gasteiger partial charge in [0.25, 0.3) is 0 Å². The molecule has 0 amide bonds. The SMILES string of the molecule is O.O=S(=O)(O)O.[CaH2].[LiH]. The van der Waals surface area contributed by atoms with Gasteiger partial charge >= 0.3 is 67.0 Å². The normalized spacial score (nSPS) is 7.25. The summed E-state index contributed by atoms with van der Waals surface area (Å²) < 4.78 is 31.6. The van der Waals surface area contributed by atoms with E-state index in [1.807, 2.05) is 0 Å². The predicted molar refractivity (Wildman–Crippen MR) is 33.5 cm³/mol. The Morgan fingerprint density at radius 1 is 1.12 bits per heavy atom. The van der Waals surface area contributed by atoms with Crippen molar-refractivity contribution in [3.05, 3.63) is 0 Å². The van der Waals surface area contributed by atoms with Crippen molar-refractivity contribution in [1.82, 2.24) is 0 Å². The minimum atomic E-state index is -4.67. The molecule has 0 aliphatic rings. The molecule has 0 aromatic rings. The van der Waals surface area contributed by atoms with Crippen LogP contribution in [0.5, 0.6) is 0 Å². The zero-order valence-corrected chi connectivity index (χ0v) is 3.44. The van der Waals surface area contributed by atoms with Gasteiger partial charge < -0.3 is 5.48 Å². The van der Waals surface area contributed by atoms with Gasteiger partial charge in [-0.1, -0.05) is 0 Å². The van der Waals surface area contributed by atoms with Crippen LogP contribution in [-0.4, -0.2) is 79.6 Å². The number of rotatable bonds is 0. The van der Waals surface area contributed by atoms with Crippen LogP contribution in [0.4, 0.5) is 0 Å². The summed E-state index contributed by atoms with van der Waals surface area (Å²) in [4.78, 5) is 0. The van der Waals surface area contributed by atoms with Crippen molar-refractivity contribution in [1.29, 1.82) is 0 Å². The fourth-order valence-corrected chi connectivity index (χ4v) is 0. The van der Waals surface area contributed by atoms with E-state index in [0.29, 0.717) is 0 Å². The van der Waals surface area contributed by atoms with E-state index in [-0.39, 0.29) is 62.1 Å². The monoisotopic (exact) mass is 166 g/mol. The fraction of sp³-hybridized carbons (Fsp3) is 0. The maximum atomic E-state index is 8.74. The van der Waals surface area contributed by atoms with E-state index in [2.05, 4.69) is 0 Å². The van der Waals surface area contributed by atoms with Gasteiger partial charge in [0.05, 0.1) is 0 Å². The van der Waals surface area contributed by atoms with Gasteiger partial charge in [-0.3, -0.25) is 9.11 Å². The van der Waals surface area contributed by atoms with Crippen molar-refractivity contribution in [2.24, 2.45) is 0 Å².